The first-order chi connectivity index (χ1) is 9.66. The molecule has 2 N–H and O–H groups in total. The van der Waals surface area contributed by atoms with Crippen LogP contribution in [0.2, 0.25) is 0 Å². The summed E-state index contributed by atoms with van der Waals surface area (Å²) >= 11 is 0. The van der Waals surface area contributed by atoms with E-state index >= 15 is 0 Å². The minimum absolute atomic E-state index is 0.0255. The van der Waals surface area contributed by atoms with E-state index in [0.717, 1.165) is 31.5 Å². The third-order valence-corrected chi connectivity index (χ3v) is 5.81. The molecule has 0 aromatic rings. The van der Waals surface area contributed by atoms with E-state index in [0.29, 0.717) is 12.1 Å². The van der Waals surface area contributed by atoms with Crippen molar-refractivity contribution >= 4 is 5.91 Å². The van der Waals surface area contributed by atoms with Gasteiger partial charge in [-0.15, -0.1) is 0 Å². The second-order valence-electron chi connectivity index (χ2n) is 7.04. The van der Waals surface area contributed by atoms with Crippen LogP contribution in [0.1, 0.15) is 46.0 Å². The third kappa shape index (κ3) is 2.73. The second-order valence-corrected chi connectivity index (χ2v) is 7.04. The minimum atomic E-state index is 0.0255. The summed E-state index contributed by atoms with van der Waals surface area (Å²) in [5.74, 6) is 1.73. The average molecular weight is 279 g/mol. The Hall–Kier alpha value is -0.610. The third-order valence-electron chi connectivity index (χ3n) is 5.81. The zero-order valence-corrected chi connectivity index (χ0v) is 12.9. The summed E-state index contributed by atoms with van der Waals surface area (Å²) in [6.45, 7) is 7.71. The highest BCUT2D eigenvalue weighted by molar-refractivity contribution is 5.81. The van der Waals surface area contributed by atoms with Crippen molar-refractivity contribution in [3.8, 4) is 0 Å². The number of carbonyl (C=O) groups is 1. The molecule has 4 atom stereocenters. The summed E-state index contributed by atoms with van der Waals surface area (Å²) in [5.41, 5.74) is 0. The molecule has 2 aliphatic heterocycles. The molecular formula is C16H29N3O. The van der Waals surface area contributed by atoms with E-state index in [-0.39, 0.29) is 11.9 Å². The Morgan fingerprint density at radius 2 is 2.00 bits per heavy atom. The van der Waals surface area contributed by atoms with Crippen molar-refractivity contribution in [3.05, 3.63) is 0 Å². The topological polar surface area (TPSA) is 44.4 Å². The smallest absolute Gasteiger partial charge is 0.237 e. The summed E-state index contributed by atoms with van der Waals surface area (Å²) in [4.78, 5) is 14.9. The molecule has 4 heteroatoms. The van der Waals surface area contributed by atoms with E-state index in [1.54, 1.807) is 0 Å². The predicted molar refractivity (Wildman–Crippen MR) is 80.5 cm³/mol. The van der Waals surface area contributed by atoms with Gasteiger partial charge in [-0.2, -0.15) is 0 Å². The van der Waals surface area contributed by atoms with Gasteiger partial charge in [-0.25, -0.2) is 0 Å². The van der Waals surface area contributed by atoms with Gasteiger partial charge in [-0.05, 0) is 51.6 Å². The van der Waals surface area contributed by atoms with Crippen molar-refractivity contribution in [1.82, 2.24) is 15.5 Å². The lowest BCUT2D eigenvalue weighted by Crippen LogP contribution is -2.50. The summed E-state index contributed by atoms with van der Waals surface area (Å²) in [6.07, 6.45) is 6.22. The standard InChI is InChI=1S/C16H29N3O/c1-11-15-9-17-8-13(15)10-19(11)12(2)16(20)18-14-6-4-3-5-7-14/h11-15,17H,3-10H2,1-2H3,(H,18,20). The number of likely N-dealkylation sites (tertiary alicyclic amines) is 1. The molecule has 1 saturated carbocycles. The molecule has 3 aliphatic rings. The van der Waals surface area contributed by atoms with Crippen LogP contribution in [-0.2, 0) is 4.79 Å². The van der Waals surface area contributed by atoms with Gasteiger partial charge in [0, 0.05) is 18.6 Å². The first-order valence-electron chi connectivity index (χ1n) is 8.43. The molecule has 1 amide bonds. The maximum atomic E-state index is 12.5. The number of nitrogens with one attached hydrogen (secondary N) is 2. The Morgan fingerprint density at radius 3 is 2.70 bits per heavy atom. The van der Waals surface area contributed by atoms with E-state index < -0.39 is 0 Å². The average Bonchev–Trinajstić information content (AvgIpc) is 3.02. The van der Waals surface area contributed by atoms with Crippen LogP contribution in [0, 0.1) is 11.8 Å². The fourth-order valence-corrected chi connectivity index (χ4v) is 4.43. The number of amides is 1. The van der Waals surface area contributed by atoms with Crippen LogP contribution < -0.4 is 10.6 Å². The molecule has 4 nitrogen and oxygen atoms in total. The molecule has 4 unspecified atom stereocenters. The van der Waals surface area contributed by atoms with Crippen molar-refractivity contribution in [2.24, 2.45) is 11.8 Å². The lowest BCUT2D eigenvalue weighted by atomic mass is 9.95. The quantitative estimate of drug-likeness (QED) is 0.820. The van der Waals surface area contributed by atoms with E-state index in [2.05, 4.69) is 29.4 Å². The number of fused-ring (bicyclic) bond motifs is 1. The molecule has 3 fully saturated rings. The number of rotatable bonds is 3. The first kappa shape index (κ1) is 14.3. The molecule has 2 heterocycles. The van der Waals surface area contributed by atoms with Crippen LogP contribution in [0.5, 0.6) is 0 Å². The molecule has 20 heavy (non-hydrogen) atoms. The molecule has 0 spiro atoms. The number of hydrogen-bond donors (Lipinski definition) is 2. The van der Waals surface area contributed by atoms with Crippen molar-refractivity contribution in [2.75, 3.05) is 19.6 Å². The molecule has 114 valence electrons. The first-order valence-corrected chi connectivity index (χ1v) is 8.43. The summed E-state index contributed by atoms with van der Waals surface area (Å²) < 4.78 is 0. The normalized spacial score (nSPS) is 36.8. The Morgan fingerprint density at radius 1 is 1.25 bits per heavy atom. The van der Waals surface area contributed by atoms with Crippen LogP contribution in [0.25, 0.3) is 0 Å². The van der Waals surface area contributed by atoms with Crippen molar-refractivity contribution in [1.29, 1.82) is 0 Å². The predicted octanol–water partition coefficient (Wildman–Crippen LogP) is 1.36. The second kappa shape index (κ2) is 6.02. The van der Waals surface area contributed by atoms with Gasteiger partial charge in [0.05, 0.1) is 6.04 Å². The highest BCUT2D eigenvalue weighted by Gasteiger charge is 2.44. The van der Waals surface area contributed by atoms with E-state index in [9.17, 15) is 4.79 Å². The maximum absolute atomic E-state index is 12.5. The van der Waals surface area contributed by atoms with Crippen LogP contribution in [0.15, 0.2) is 0 Å². The van der Waals surface area contributed by atoms with Gasteiger partial charge in [0.25, 0.3) is 0 Å². The Bertz CT molecular complexity index is 354. The van der Waals surface area contributed by atoms with Crippen LogP contribution in [0.3, 0.4) is 0 Å². The fraction of sp³-hybridized carbons (Fsp3) is 0.938. The van der Waals surface area contributed by atoms with Crippen LogP contribution >= 0.6 is 0 Å². The van der Waals surface area contributed by atoms with E-state index in [4.69, 9.17) is 0 Å². The molecule has 0 bridgehead atoms. The van der Waals surface area contributed by atoms with E-state index in [1.165, 1.54) is 32.1 Å². The van der Waals surface area contributed by atoms with Gasteiger partial charge in [0.2, 0.25) is 5.91 Å². The van der Waals surface area contributed by atoms with Gasteiger partial charge >= 0.3 is 0 Å². The van der Waals surface area contributed by atoms with Crippen molar-refractivity contribution in [2.45, 2.75) is 64.1 Å². The van der Waals surface area contributed by atoms with Gasteiger partial charge in [0.15, 0.2) is 0 Å². The molecule has 3 rings (SSSR count). The van der Waals surface area contributed by atoms with Gasteiger partial charge < -0.3 is 10.6 Å². The molecule has 0 aromatic carbocycles. The summed E-state index contributed by atoms with van der Waals surface area (Å²) in [7, 11) is 0. The summed E-state index contributed by atoms with van der Waals surface area (Å²) in [5, 5.41) is 6.77. The Kier molecular flexibility index (Phi) is 4.32. The molecule has 2 saturated heterocycles. The Balaban J connectivity index is 1.55. The van der Waals surface area contributed by atoms with Crippen molar-refractivity contribution in [3.63, 3.8) is 0 Å². The van der Waals surface area contributed by atoms with E-state index in [1.807, 2.05) is 0 Å². The molecule has 1 aliphatic carbocycles. The fourth-order valence-electron chi connectivity index (χ4n) is 4.43. The zero-order valence-electron chi connectivity index (χ0n) is 12.9. The lowest BCUT2D eigenvalue weighted by molar-refractivity contribution is -0.127. The largest absolute Gasteiger partial charge is 0.352 e. The highest BCUT2D eigenvalue weighted by atomic mass is 16.2. The van der Waals surface area contributed by atoms with Crippen molar-refractivity contribution < 1.29 is 4.79 Å². The van der Waals surface area contributed by atoms with Crippen LogP contribution in [-0.4, -0.2) is 48.6 Å². The minimum Gasteiger partial charge on any atom is -0.352 e. The zero-order chi connectivity index (χ0) is 14.1. The van der Waals surface area contributed by atoms with Gasteiger partial charge in [-0.3, -0.25) is 9.69 Å². The lowest BCUT2D eigenvalue weighted by Gasteiger charge is -2.32. The summed E-state index contributed by atoms with van der Waals surface area (Å²) in [6, 6.07) is 0.984. The maximum Gasteiger partial charge on any atom is 0.237 e. The number of nitrogens with zero attached hydrogens (tertiary/aromatic N) is 1. The molecular weight excluding hydrogens is 250 g/mol. The number of carbonyl (C=O) groups excluding carboxylic acids is 1. The molecule has 0 aromatic heterocycles. The molecule has 0 radical (unpaired) electrons. The Labute approximate surface area is 122 Å². The number of hydrogen-bond acceptors (Lipinski definition) is 3. The van der Waals surface area contributed by atoms with Gasteiger partial charge in [-0.1, -0.05) is 19.3 Å². The van der Waals surface area contributed by atoms with Crippen LogP contribution in [0.4, 0.5) is 0 Å². The highest BCUT2D eigenvalue weighted by Crippen LogP contribution is 2.33. The van der Waals surface area contributed by atoms with Gasteiger partial charge in [0.1, 0.15) is 0 Å². The SMILES string of the molecule is CC(C(=O)NC1CCCCC1)N1CC2CNCC2C1C. The monoisotopic (exact) mass is 279 g/mol.